The van der Waals surface area contributed by atoms with Crippen molar-refractivity contribution < 1.29 is 4.42 Å². The van der Waals surface area contributed by atoms with Crippen LogP contribution < -0.4 is 20.7 Å². The zero-order valence-corrected chi connectivity index (χ0v) is 35.5. The molecule has 0 bridgehead atoms. The summed E-state index contributed by atoms with van der Waals surface area (Å²) in [6.45, 7) is 0. The van der Waals surface area contributed by atoms with Gasteiger partial charge in [-0.1, -0.05) is 194 Å². The predicted octanol–water partition coefficient (Wildman–Crippen LogP) is 13.1. The van der Waals surface area contributed by atoms with E-state index < -0.39 is 8.07 Å². The van der Waals surface area contributed by atoms with Gasteiger partial charge in [0, 0.05) is 27.2 Å². The molecule has 296 valence electrons. The van der Waals surface area contributed by atoms with Gasteiger partial charge in [0.05, 0.1) is 11.0 Å². The van der Waals surface area contributed by atoms with Crippen molar-refractivity contribution >= 4 is 72.6 Å². The highest BCUT2D eigenvalue weighted by Gasteiger charge is 2.41. The number of furan rings is 1. The van der Waals surface area contributed by atoms with Gasteiger partial charge in [0.25, 0.3) is 0 Å². The van der Waals surface area contributed by atoms with Gasteiger partial charge in [0.15, 0.2) is 8.07 Å². The van der Waals surface area contributed by atoms with E-state index in [1.54, 1.807) is 0 Å². The second kappa shape index (κ2) is 15.2. The summed E-state index contributed by atoms with van der Waals surface area (Å²) in [6.07, 6.45) is 0. The van der Waals surface area contributed by atoms with Crippen LogP contribution in [-0.4, -0.2) is 12.6 Å². The molecule has 2 heterocycles. The average Bonchev–Trinajstić information content (AvgIpc) is 3.90. The smallest absolute Gasteiger partial charge is 0.179 e. The fourth-order valence-corrected chi connectivity index (χ4v) is 14.8. The molecular formula is C60H41NOSi. The summed E-state index contributed by atoms with van der Waals surface area (Å²) in [7, 11) is -2.67. The van der Waals surface area contributed by atoms with Crippen molar-refractivity contribution in [2.45, 2.75) is 0 Å². The molecule has 2 nitrogen and oxygen atoms in total. The third kappa shape index (κ3) is 6.16. The van der Waals surface area contributed by atoms with Gasteiger partial charge >= 0.3 is 0 Å². The largest absolute Gasteiger partial charge is 0.456 e. The molecule has 0 atom stereocenters. The molecule has 0 saturated heterocycles. The van der Waals surface area contributed by atoms with Crippen LogP contribution in [-0.2, 0) is 0 Å². The predicted molar refractivity (Wildman–Crippen MR) is 268 cm³/mol. The lowest BCUT2D eigenvalue weighted by molar-refractivity contribution is 0.669. The zero-order chi connectivity index (χ0) is 41.7. The SMILES string of the molecule is c1ccc([Si](c2ccccc2)(c2ccccc2)c2cccc(-c3cccc(-c4cccc(-c5ccc6oc7ccc(-n8c9ccccc9c9ccccc98)cc7c6c5)c4)c3)c2)cc1. The first-order valence-corrected chi connectivity index (χ1v) is 23.7. The number of fused-ring (bicyclic) bond motifs is 6. The maximum absolute atomic E-state index is 6.44. The topological polar surface area (TPSA) is 18.1 Å². The molecule has 3 heteroatoms. The first-order valence-electron chi connectivity index (χ1n) is 21.7. The van der Waals surface area contributed by atoms with Crippen molar-refractivity contribution in [2.75, 3.05) is 0 Å². The number of hydrogen-bond donors (Lipinski definition) is 0. The van der Waals surface area contributed by atoms with Crippen molar-refractivity contribution in [1.29, 1.82) is 0 Å². The van der Waals surface area contributed by atoms with Crippen LogP contribution in [0.2, 0.25) is 0 Å². The van der Waals surface area contributed by atoms with Crippen LogP contribution >= 0.6 is 0 Å². The molecule has 0 unspecified atom stereocenters. The number of aromatic nitrogens is 1. The maximum Gasteiger partial charge on any atom is 0.179 e. The lowest BCUT2D eigenvalue weighted by atomic mass is 9.96. The van der Waals surface area contributed by atoms with Gasteiger partial charge in [-0.3, -0.25) is 0 Å². The van der Waals surface area contributed by atoms with Crippen molar-refractivity contribution in [2.24, 2.45) is 0 Å². The molecule has 12 aromatic rings. The van der Waals surface area contributed by atoms with Gasteiger partial charge in [-0.05, 0) is 109 Å². The van der Waals surface area contributed by atoms with E-state index in [9.17, 15) is 0 Å². The van der Waals surface area contributed by atoms with E-state index in [1.165, 1.54) is 70.4 Å². The molecule has 10 aromatic carbocycles. The Labute approximate surface area is 367 Å². The van der Waals surface area contributed by atoms with E-state index in [4.69, 9.17) is 4.42 Å². The van der Waals surface area contributed by atoms with Gasteiger partial charge in [-0.2, -0.15) is 0 Å². The van der Waals surface area contributed by atoms with Gasteiger partial charge in [0.1, 0.15) is 11.2 Å². The number of para-hydroxylation sites is 2. The Morgan fingerprint density at radius 3 is 1.19 bits per heavy atom. The molecule has 0 radical (unpaired) electrons. The molecule has 0 amide bonds. The van der Waals surface area contributed by atoms with E-state index in [2.05, 4.69) is 253 Å². The highest BCUT2D eigenvalue weighted by Crippen LogP contribution is 2.38. The summed E-state index contributed by atoms with van der Waals surface area (Å²) >= 11 is 0. The molecule has 2 aromatic heterocycles. The maximum atomic E-state index is 6.44. The van der Waals surface area contributed by atoms with E-state index >= 15 is 0 Å². The number of rotatable bonds is 8. The second-order valence-electron chi connectivity index (χ2n) is 16.5. The standard InChI is InChI=1S/C60H41NOSi/c1-4-22-49(23-5-1)63(50-24-6-2-7-25-50,51-26-8-3-9-27-51)52-28-16-21-46(39-52)44-19-14-17-42(37-44)43-18-15-20-45(38-43)47-33-35-59-55(40-47)56-41-48(34-36-60(56)62-59)61-57-31-12-10-29-53(57)54-30-11-13-32-58(54)61/h1-41H. The Morgan fingerprint density at radius 2 is 0.667 bits per heavy atom. The molecule has 0 N–H and O–H groups in total. The Balaban J connectivity index is 0.927. The lowest BCUT2D eigenvalue weighted by Crippen LogP contribution is -2.74. The molecule has 0 aliphatic heterocycles. The molecule has 0 aliphatic carbocycles. The summed E-state index contributed by atoms with van der Waals surface area (Å²) in [4.78, 5) is 0. The number of hydrogen-bond acceptors (Lipinski definition) is 1. The minimum atomic E-state index is -2.67. The second-order valence-corrected chi connectivity index (χ2v) is 20.3. The van der Waals surface area contributed by atoms with Crippen LogP contribution in [0.1, 0.15) is 0 Å². The van der Waals surface area contributed by atoms with E-state index in [0.717, 1.165) is 33.2 Å². The van der Waals surface area contributed by atoms with Gasteiger partial charge in [0.2, 0.25) is 0 Å². The lowest BCUT2D eigenvalue weighted by Gasteiger charge is -2.34. The molecule has 0 fully saturated rings. The summed E-state index contributed by atoms with van der Waals surface area (Å²) < 4.78 is 8.81. The highest BCUT2D eigenvalue weighted by molar-refractivity contribution is 7.19. The van der Waals surface area contributed by atoms with Crippen molar-refractivity contribution in [3.05, 3.63) is 249 Å². The molecule has 0 aliphatic rings. The minimum Gasteiger partial charge on any atom is -0.456 e. The minimum absolute atomic E-state index is 0.887. The average molecular weight is 820 g/mol. The Hall–Kier alpha value is -7.98. The van der Waals surface area contributed by atoms with E-state index in [1.807, 2.05) is 0 Å². The first kappa shape index (κ1) is 36.8. The molecule has 0 spiro atoms. The third-order valence-corrected chi connectivity index (χ3v) is 17.7. The summed E-state index contributed by atoms with van der Waals surface area (Å²) in [5, 5.41) is 10.2. The van der Waals surface area contributed by atoms with E-state index in [0.29, 0.717) is 0 Å². The molecule has 0 saturated carbocycles. The molecule has 63 heavy (non-hydrogen) atoms. The van der Waals surface area contributed by atoms with Crippen molar-refractivity contribution in [3.63, 3.8) is 0 Å². The highest BCUT2D eigenvalue weighted by atomic mass is 28.3. The van der Waals surface area contributed by atoms with Gasteiger partial charge < -0.3 is 8.98 Å². The van der Waals surface area contributed by atoms with Crippen LogP contribution in [0.25, 0.3) is 82.8 Å². The fraction of sp³-hybridized carbons (Fsp3) is 0. The summed E-state index contributed by atoms with van der Waals surface area (Å²) in [5.41, 5.74) is 12.4. The van der Waals surface area contributed by atoms with Crippen LogP contribution in [0.4, 0.5) is 0 Å². The van der Waals surface area contributed by atoms with Gasteiger partial charge in [-0.15, -0.1) is 0 Å². The summed E-state index contributed by atoms with van der Waals surface area (Å²) in [6, 6.07) is 91.1. The van der Waals surface area contributed by atoms with Crippen LogP contribution in [0.3, 0.4) is 0 Å². The number of benzene rings is 10. The van der Waals surface area contributed by atoms with Crippen molar-refractivity contribution in [3.8, 4) is 39.1 Å². The first-order chi connectivity index (χ1) is 31.2. The van der Waals surface area contributed by atoms with Crippen LogP contribution in [0.15, 0.2) is 253 Å². The molecular weight excluding hydrogens is 779 g/mol. The quantitative estimate of drug-likeness (QED) is 0.110. The Kier molecular flexibility index (Phi) is 8.87. The fourth-order valence-electron chi connectivity index (χ4n) is 10.0. The monoisotopic (exact) mass is 819 g/mol. The normalized spacial score (nSPS) is 11.8. The van der Waals surface area contributed by atoms with E-state index in [-0.39, 0.29) is 0 Å². The Bertz CT molecular complexity index is 3470. The number of nitrogens with zero attached hydrogens (tertiary/aromatic N) is 1. The van der Waals surface area contributed by atoms with Crippen molar-refractivity contribution in [1.82, 2.24) is 4.57 Å². The van der Waals surface area contributed by atoms with Crippen LogP contribution in [0, 0.1) is 0 Å². The Morgan fingerprint density at radius 1 is 0.270 bits per heavy atom. The summed E-state index contributed by atoms with van der Waals surface area (Å²) in [5.74, 6) is 0. The van der Waals surface area contributed by atoms with Gasteiger partial charge in [-0.25, -0.2) is 0 Å². The third-order valence-electron chi connectivity index (χ3n) is 12.9. The zero-order valence-electron chi connectivity index (χ0n) is 34.5. The van der Waals surface area contributed by atoms with Crippen LogP contribution in [0.5, 0.6) is 0 Å². The molecule has 12 rings (SSSR count).